The van der Waals surface area contributed by atoms with Gasteiger partial charge in [0.1, 0.15) is 0 Å². The predicted molar refractivity (Wildman–Crippen MR) is 93.8 cm³/mol. The molecular formula is C19H15NO2S. The summed E-state index contributed by atoms with van der Waals surface area (Å²) in [5.74, 6) is -0.864. The molecule has 23 heavy (non-hydrogen) atoms. The Labute approximate surface area is 137 Å². The molecule has 114 valence electrons. The van der Waals surface area contributed by atoms with Crippen LogP contribution in [0.5, 0.6) is 0 Å². The van der Waals surface area contributed by atoms with Gasteiger partial charge in [0.2, 0.25) is 0 Å². The van der Waals surface area contributed by atoms with Gasteiger partial charge in [-0.25, -0.2) is 9.78 Å². The van der Waals surface area contributed by atoms with Gasteiger partial charge in [-0.2, -0.15) is 11.3 Å². The molecule has 4 rings (SSSR count). The van der Waals surface area contributed by atoms with Gasteiger partial charge in [0, 0.05) is 5.39 Å². The average molecular weight is 321 g/mol. The molecule has 0 fully saturated rings. The molecule has 4 heteroatoms. The number of nitrogens with zero attached hydrogens (tertiary/aromatic N) is 1. The second-order valence-corrected chi connectivity index (χ2v) is 6.50. The second-order valence-electron chi connectivity index (χ2n) is 5.72. The maximum atomic E-state index is 11.9. The lowest BCUT2D eigenvalue weighted by molar-refractivity contribution is 0.0697. The zero-order chi connectivity index (χ0) is 15.8. The van der Waals surface area contributed by atoms with E-state index in [9.17, 15) is 9.90 Å². The highest BCUT2D eigenvalue weighted by atomic mass is 32.1. The highest BCUT2D eigenvalue weighted by molar-refractivity contribution is 7.08. The van der Waals surface area contributed by atoms with Crippen LogP contribution in [0.15, 0.2) is 41.1 Å². The minimum absolute atomic E-state index is 0.418. The number of carboxylic acids is 1. The predicted octanol–water partition coefficient (Wildman–Crippen LogP) is 4.87. The van der Waals surface area contributed by atoms with Gasteiger partial charge >= 0.3 is 5.97 Å². The molecule has 3 aromatic rings. The number of carboxylic acid groups (broad SMARTS) is 1. The van der Waals surface area contributed by atoms with Crippen molar-refractivity contribution in [2.75, 3.05) is 0 Å². The van der Waals surface area contributed by atoms with Crippen LogP contribution in [-0.2, 0) is 6.42 Å². The number of allylic oxidation sites excluding steroid dienone is 1. The first-order valence-corrected chi connectivity index (χ1v) is 8.56. The summed E-state index contributed by atoms with van der Waals surface area (Å²) in [4.78, 5) is 16.7. The number of aromatic nitrogens is 1. The highest BCUT2D eigenvalue weighted by Crippen LogP contribution is 2.36. The number of fused-ring (bicyclic) bond motifs is 2. The van der Waals surface area contributed by atoms with Gasteiger partial charge in [-0.3, -0.25) is 0 Å². The molecule has 0 saturated heterocycles. The number of para-hydroxylation sites is 1. The summed E-state index contributed by atoms with van der Waals surface area (Å²) in [6.45, 7) is 0. The summed E-state index contributed by atoms with van der Waals surface area (Å²) in [5.41, 5.74) is 5.20. The SMILES string of the molecule is O=C(O)c1c2c(nc3ccccc13)/C(=C\c1ccsc1)CCC2. The lowest BCUT2D eigenvalue weighted by Gasteiger charge is -2.21. The van der Waals surface area contributed by atoms with Crippen molar-refractivity contribution in [1.82, 2.24) is 4.98 Å². The van der Waals surface area contributed by atoms with E-state index >= 15 is 0 Å². The molecule has 0 saturated carbocycles. The van der Waals surface area contributed by atoms with Crippen LogP contribution in [0.1, 0.15) is 40.0 Å². The molecule has 0 atom stereocenters. The maximum absolute atomic E-state index is 11.9. The molecule has 0 unspecified atom stereocenters. The summed E-state index contributed by atoms with van der Waals surface area (Å²) in [6.07, 6.45) is 4.81. The van der Waals surface area contributed by atoms with Crippen LogP contribution in [0.2, 0.25) is 0 Å². The quantitative estimate of drug-likeness (QED) is 0.732. The van der Waals surface area contributed by atoms with Crippen molar-refractivity contribution in [3.63, 3.8) is 0 Å². The second kappa shape index (κ2) is 5.63. The lowest BCUT2D eigenvalue weighted by atomic mass is 9.86. The summed E-state index contributed by atoms with van der Waals surface area (Å²) < 4.78 is 0. The van der Waals surface area contributed by atoms with Crippen LogP contribution in [0, 0.1) is 0 Å². The molecule has 0 aliphatic heterocycles. The van der Waals surface area contributed by atoms with Crippen molar-refractivity contribution in [3.8, 4) is 0 Å². The number of carbonyl (C=O) groups is 1. The van der Waals surface area contributed by atoms with Crippen molar-refractivity contribution >= 4 is 39.9 Å². The van der Waals surface area contributed by atoms with Gasteiger partial charge in [-0.1, -0.05) is 18.2 Å². The molecule has 2 heterocycles. The average Bonchev–Trinajstić information content (AvgIpc) is 3.06. The molecule has 0 radical (unpaired) electrons. The van der Waals surface area contributed by atoms with E-state index in [1.54, 1.807) is 11.3 Å². The van der Waals surface area contributed by atoms with Crippen molar-refractivity contribution in [2.45, 2.75) is 19.3 Å². The van der Waals surface area contributed by atoms with E-state index in [4.69, 9.17) is 4.98 Å². The third-order valence-corrected chi connectivity index (χ3v) is 4.97. The number of rotatable bonds is 2. The lowest BCUT2D eigenvalue weighted by Crippen LogP contribution is -2.13. The van der Waals surface area contributed by atoms with Gasteiger partial charge in [0.05, 0.1) is 16.8 Å². The van der Waals surface area contributed by atoms with Gasteiger partial charge in [-0.15, -0.1) is 0 Å². The monoisotopic (exact) mass is 321 g/mol. The Morgan fingerprint density at radius 1 is 1.22 bits per heavy atom. The van der Waals surface area contributed by atoms with E-state index in [-0.39, 0.29) is 0 Å². The normalized spacial score (nSPS) is 15.7. The number of benzene rings is 1. The Morgan fingerprint density at radius 2 is 2.09 bits per heavy atom. The fourth-order valence-electron chi connectivity index (χ4n) is 3.28. The molecule has 0 amide bonds. The van der Waals surface area contributed by atoms with Crippen LogP contribution in [0.3, 0.4) is 0 Å². The first kappa shape index (κ1) is 14.2. The van der Waals surface area contributed by atoms with Crippen molar-refractivity contribution in [2.24, 2.45) is 0 Å². The molecule has 3 nitrogen and oxygen atoms in total. The number of pyridine rings is 1. The van der Waals surface area contributed by atoms with E-state index in [2.05, 4.69) is 17.5 Å². The van der Waals surface area contributed by atoms with E-state index in [1.807, 2.05) is 29.6 Å². The molecular weight excluding hydrogens is 306 g/mol. The molecule has 1 N–H and O–H groups in total. The standard InChI is InChI=1S/C19H15NO2S/c21-19(22)17-14-5-1-2-7-16(14)20-18-13(4-3-6-15(17)18)10-12-8-9-23-11-12/h1-2,5,7-11H,3-4,6H2,(H,21,22)/b13-10-. The Balaban J connectivity index is 2.01. The van der Waals surface area contributed by atoms with Crippen LogP contribution < -0.4 is 0 Å². The third kappa shape index (κ3) is 2.45. The number of aromatic carboxylic acids is 1. The molecule has 2 aromatic heterocycles. The molecule has 0 bridgehead atoms. The Hall–Kier alpha value is -2.46. The minimum Gasteiger partial charge on any atom is -0.478 e. The van der Waals surface area contributed by atoms with Crippen LogP contribution >= 0.6 is 11.3 Å². The summed E-state index contributed by atoms with van der Waals surface area (Å²) >= 11 is 1.66. The molecule has 1 aromatic carbocycles. The zero-order valence-electron chi connectivity index (χ0n) is 12.5. The van der Waals surface area contributed by atoms with Gasteiger partial charge in [-0.05, 0) is 64.9 Å². The van der Waals surface area contributed by atoms with Crippen LogP contribution in [0.25, 0.3) is 22.6 Å². The molecule has 1 aliphatic carbocycles. The Kier molecular flexibility index (Phi) is 3.46. The number of hydrogen-bond donors (Lipinski definition) is 1. The topological polar surface area (TPSA) is 50.2 Å². The van der Waals surface area contributed by atoms with Crippen molar-refractivity contribution < 1.29 is 9.90 Å². The smallest absolute Gasteiger partial charge is 0.336 e. The fourth-order valence-corrected chi connectivity index (χ4v) is 3.90. The van der Waals surface area contributed by atoms with E-state index in [0.29, 0.717) is 5.56 Å². The zero-order valence-corrected chi connectivity index (χ0v) is 13.3. The highest BCUT2D eigenvalue weighted by Gasteiger charge is 2.24. The van der Waals surface area contributed by atoms with Crippen molar-refractivity contribution in [3.05, 3.63) is 63.5 Å². The summed E-state index contributed by atoms with van der Waals surface area (Å²) in [7, 11) is 0. The van der Waals surface area contributed by atoms with Crippen LogP contribution in [-0.4, -0.2) is 16.1 Å². The molecule has 0 spiro atoms. The fraction of sp³-hybridized carbons (Fsp3) is 0.158. The van der Waals surface area contributed by atoms with E-state index < -0.39 is 5.97 Å². The number of hydrogen-bond acceptors (Lipinski definition) is 3. The van der Waals surface area contributed by atoms with E-state index in [1.165, 1.54) is 0 Å². The first-order chi connectivity index (χ1) is 11.2. The number of thiophene rings is 1. The summed E-state index contributed by atoms with van der Waals surface area (Å²) in [6, 6.07) is 9.58. The van der Waals surface area contributed by atoms with Crippen molar-refractivity contribution in [1.29, 1.82) is 0 Å². The van der Waals surface area contributed by atoms with E-state index in [0.717, 1.165) is 52.6 Å². The summed E-state index contributed by atoms with van der Waals surface area (Å²) in [5, 5.41) is 14.6. The van der Waals surface area contributed by atoms with Gasteiger partial charge < -0.3 is 5.11 Å². The third-order valence-electron chi connectivity index (χ3n) is 4.27. The van der Waals surface area contributed by atoms with Crippen LogP contribution in [0.4, 0.5) is 0 Å². The Morgan fingerprint density at radius 3 is 2.87 bits per heavy atom. The Bertz CT molecular complexity index is 926. The van der Waals surface area contributed by atoms with Gasteiger partial charge in [0.15, 0.2) is 0 Å². The largest absolute Gasteiger partial charge is 0.478 e. The van der Waals surface area contributed by atoms with Gasteiger partial charge in [0.25, 0.3) is 0 Å². The maximum Gasteiger partial charge on any atom is 0.336 e. The minimum atomic E-state index is -0.864. The first-order valence-electron chi connectivity index (χ1n) is 7.62. The molecule has 1 aliphatic rings.